The zero-order valence-electron chi connectivity index (χ0n) is 12.5. The monoisotopic (exact) mass is 310 g/mol. The van der Waals surface area contributed by atoms with Gasteiger partial charge in [0.25, 0.3) is 5.91 Å². The van der Waals surface area contributed by atoms with E-state index in [9.17, 15) is 9.59 Å². The van der Waals surface area contributed by atoms with Gasteiger partial charge in [0.2, 0.25) is 5.91 Å². The third-order valence-corrected chi connectivity index (χ3v) is 4.71. The van der Waals surface area contributed by atoms with Crippen LogP contribution in [0.15, 0.2) is 17.5 Å². The first-order valence-corrected chi connectivity index (χ1v) is 8.12. The van der Waals surface area contributed by atoms with Crippen LogP contribution in [-0.2, 0) is 9.53 Å². The van der Waals surface area contributed by atoms with E-state index in [-0.39, 0.29) is 23.8 Å². The highest BCUT2D eigenvalue weighted by Gasteiger charge is 2.33. The minimum Gasteiger partial charge on any atom is -0.383 e. The predicted octanol–water partition coefficient (Wildman–Crippen LogP) is 1.75. The van der Waals surface area contributed by atoms with Crippen LogP contribution in [0.4, 0.5) is 0 Å². The molecule has 21 heavy (non-hydrogen) atoms. The Bertz CT molecular complexity index is 475. The topological polar surface area (TPSA) is 58.6 Å². The average Bonchev–Trinajstić information content (AvgIpc) is 3.01. The van der Waals surface area contributed by atoms with Crippen molar-refractivity contribution >= 4 is 23.2 Å². The summed E-state index contributed by atoms with van der Waals surface area (Å²) < 4.78 is 4.93. The lowest BCUT2D eigenvalue weighted by Gasteiger charge is -2.37. The zero-order chi connectivity index (χ0) is 15.2. The molecule has 0 aliphatic carbocycles. The fraction of sp³-hybridized carbons (Fsp3) is 0.600. The minimum absolute atomic E-state index is 0.0166. The van der Waals surface area contributed by atoms with Crippen molar-refractivity contribution in [3.63, 3.8) is 0 Å². The summed E-state index contributed by atoms with van der Waals surface area (Å²) in [6, 6.07) is 3.89. The van der Waals surface area contributed by atoms with Crippen LogP contribution in [0.5, 0.6) is 0 Å². The molecule has 1 saturated heterocycles. The smallest absolute Gasteiger partial charge is 0.264 e. The number of piperidine rings is 1. The van der Waals surface area contributed by atoms with E-state index >= 15 is 0 Å². The summed E-state index contributed by atoms with van der Waals surface area (Å²) in [5, 5.41) is 4.76. The van der Waals surface area contributed by atoms with Gasteiger partial charge in [0.1, 0.15) is 0 Å². The van der Waals surface area contributed by atoms with Gasteiger partial charge in [-0.15, -0.1) is 11.3 Å². The van der Waals surface area contributed by atoms with Crippen LogP contribution in [0.2, 0.25) is 0 Å². The largest absolute Gasteiger partial charge is 0.383 e. The van der Waals surface area contributed by atoms with E-state index in [0.717, 1.165) is 17.7 Å². The van der Waals surface area contributed by atoms with E-state index in [1.54, 1.807) is 7.11 Å². The number of rotatable bonds is 5. The number of likely N-dealkylation sites (tertiary alicyclic amines) is 1. The highest BCUT2D eigenvalue weighted by Crippen LogP contribution is 2.25. The summed E-state index contributed by atoms with van der Waals surface area (Å²) in [5.41, 5.74) is 0. The molecule has 1 aliphatic rings. The molecule has 0 aromatic carbocycles. The molecule has 1 N–H and O–H groups in total. The van der Waals surface area contributed by atoms with Crippen molar-refractivity contribution in [3.8, 4) is 0 Å². The first-order valence-electron chi connectivity index (χ1n) is 7.24. The second-order valence-corrected chi connectivity index (χ2v) is 6.29. The van der Waals surface area contributed by atoms with Crippen LogP contribution in [0.25, 0.3) is 0 Å². The Hall–Kier alpha value is -1.40. The number of carbonyl (C=O) groups excluding carboxylic acids is 2. The van der Waals surface area contributed by atoms with Gasteiger partial charge in [-0.3, -0.25) is 9.59 Å². The van der Waals surface area contributed by atoms with Gasteiger partial charge >= 0.3 is 0 Å². The SMILES string of the molecule is COCCNC(=O)[C@@H]1CC[C@H](C)N(C(=O)c2cccs2)C1. The van der Waals surface area contributed by atoms with E-state index in [1.165, 1.54) is 11.3 Å². The van der Waals surface area contributed by atoms with Crippen LogP contribution in [0.3, 0.4) is 0 Å². The van der Waals surface area contributed by atoms with E-state index < -0.39 is 0 Å². The lowest BCUT2D eigenvalue weighted by atomic mass is 9.92. The van der Waals surface area contributed by atoms with Crippen molar-refractivity contribution in [2.24, 2.45) is 5.92 Å². The molecule has 0 saturated carbocycles. The number of nitrogens with one attached hydrogen (secondary N) is 1. The molecule has 2 atom stereocenters. The lowest BCUT2D eigenvalue weighted by Crippen LogP contribution is -2.49. The third kappa shape index (κ3) is 4.04. The Morgan fingerprint density at radius 1 is 1.48 bits per heavy atom. The van der Waals surface area contributed by atoms with Crippen molar-refractivity contribution in [1.29, 1.82) is 0 Å². The molecule has 6 heteroatoms. The molecule has 0 unspecified atom stereocenters. The van der Waals surface area contributed by atoms with Crippen molar-refractivity contribution < 1.29 is 14.3 Å². The lowest BCUT2D eigenvalue weighted by molar-refractivity contribution is -0.126. The van der Waals surface area contributed by atoms with Crippen molar-refractivity contribution in [2.75, 3.05) is 26.8 Å². The number of thiophene rings is 1. The molecule has 1 fully saturated rings. The molecule has 1 aromatic rings. The molecule has 5 nitrogen and oxygen atoms in total. The fourth-order valence-electron chi connectivity index (χ4n) is 2.57. The maximum Gasteiger partial charge on any atom is 0.264 e. The van der Waals surface area contributed by atoms with Crippen molar-refractivity contribution in [3.05, 3.63) is 22.4 Å². The van der Waals surface area contributed by atoms with Gasteiger partial charge in [-0.2, -0.15) is 0 Å². The van der Waals surface area contributed by atoms with Gasteiger partial charge in [0, 0.05) is 26.2 Å². The molecule has 0 bridgehead atoms. The van der Waals surface area contributed by atoms with Gasteiger partial charge in [-0.05, 0) is 31.2 Å². The molecule has 2 amide bonds. The van der Waals surface area contributed by atoms with Crippen LogP contribution in [0.1, 0.15) is 29.4 Å². The van der Waals surface area contributed by atoms with Crippen LogP contribution in [0, 0.1) is 5.92 Å². The molecule has 2 rings (SSSR count). The summed E-state index contributed by atoms with van der Waals surface area (Å²) in [6.07, 6.45) is 1.69. The Kier molecular flexibility index (Phi) is 5.76. The fourth-order valence-corrected chi connectivity index (χ4v) is 3.25. The van der Waals surface area contributed by atoms with E-state index in [1.807, 2.05) is 29.3 Å². The van der Waals surface area contributed by atoms with Gasteiger partial charge in [0.05, 0.1) is 17.4 Å². The molecular formula is C15H22N2O3S. The van der Waals surface area contributed by atoms with Gasteiger partial charge in [-0.1, -0.05) is 6.07 Å². The second kappa shape index (κ2) is 7.56. The maximum atomic E-state index is 12.5. The highest BCUT2D eigenvalue weighted by molar-refractivity contribution is 7.12. The number of hydrogen-bond donors (Lipinski definition) is 1. The molecule has 116 valence electrons. The van der Waals surface area contributed by atoms with Crippen molar-refractivity contribution in [2.45, 2.75) is 25.8 Å². The molecule has 1 aromatic heterocycles. The second-order valence-electron chi connectivity index (χ2n) is 5.34. The maximum absolute atomic E-state index is 12.5. The summed E-state index contributed by atoms with van der Waals surface area (Å²) >= 11 is 1.44. The predicted molar refractivity (Wildman–Crippen MR) is 82.4 cm³/mol. The van der Waals surface area contributed by atoms with Gasteiger partial charge < -0.3 is 15.0 Å². The van der Waals surface area contributed by atoms with Crippen LogP contribution < -0.4 is 5.32 Å². The van der Waals surface area contributed by atoms with Crippen molar-refractivity contribution in [1.82, 2.24) is 10.2 Å². The molecule has 2 heterocycles. The summed E-state index contributed by atoms with van der Waals surface area (Å²) in [5.74, 6) is -0.0724. The van der Waals surface area contributed by atoms with Gasteiger partial charge in [-0.25, -0.2) is 0 Å². The normalized spacial score (nSPS) is 22.1. The Balaban J connectivity index is 1.96. The number of ether oxygens (including phenoxy) is 1. The van der Waals surface area contributed by atoms with E-state index in [4.69, 9.17) is 4.74 Å². The quantitative estimate of drug-likeness (QED) is 0.843. The molecule has 1 aliphatic heterocycles. The standard InChI is InChI=1S/C15H22N2O3S/c1-11-5-6-12(14(18)16-7-8-20-2)10-17(11)15(19)13-4-3-9-21-13/h3-4,9,11-12H,5-8,10H2,1-2H3,(H,16,18)/t11-,12+/m0/s1. The zero-order valence-corrected chi connectivity index (χ0v) is 13.3. The minimum atomic E-state index is -0.123. The first-order chi connectivity index (χ1) is 10.1. The molecule has 0 spiro atoms. The third-order valence-electron chi connectivity index (χ3n) is 3.85. The Morgan fingerprint density at radius 2 is 2.29 bits per heavy atom. The summed E-state index contributed by atoms with van der Waals surface area (Å²) in [6.45, 7) is 3.56. The number of methoxy groups -OCH3 is 1. The van der Waals surface area contributed by atoms with Gasteiger partial charge in [0.15, 0.2) is 0 Å². The van der Waals surface area contributed by atoms with E-state index in [2.05, 4.69) is 5.32 Å². The average molecular weight is 310 g/mol. The molecule has 0 radical (unpaired) electrons. The van der Waals surface area contributed by atoms with Crippen LogP contribution >= 0.6 is 11.3 Å². The Labute approximate surface area is 129 Å². The van der Waals surface area contributed by atoms with E-state index in [0.29, 0.717) is 19.7 Å². The number of amides is 2. The van der Waals surface area contributed by atoms with Crippen LogP contribution in [-0.4, -0.2) is 49.6 Å². The molecular weight excluding hydrogens is 288 g/mol. The number of hydrogen-bond acceptors (Lipinski definition) is 4. The number of carbonyl (C=O) groups is 2. The first kappa shape index (κ1) is 16.0. The number of nitrogens with zero attached hydrogens (tertiary/aromatic N) is 1. The summed E-state index contributed by atoms with van der Waals surface area (Å²) in [4.78, 5) is 27.2. The Morgan fingerprint density at radius 3 is 2.95 bits per heavy atom. The highest BCUT2D eigenvalue weighted by atomic mass is 32.1. The summed E-state index contributed by atoms with van der Waals surface area (Å²) in [7, 11) is 1.61.